The van der Waals surface area contributed by atoms with Crippen molar-refractivity contribution in [3.63, 3.8) is 0 Å². The summed E-state index contributed by atoms with van der Waals surface area (Å²) >= 11 is 5.30. The molecule has 0 aromatic heterocycles. The van der Waals surface area contributed by atoms with Crippen LogP contribution < -0.4 is 15.0 Å². The topological polar surface area (TPSA) is 41.6 Å². The normalized spacial score (nSPS) is 15.6. The van der Waals surface area contributed by atoms with E-state index in [-0.39, 0.29) is 11.7 Å². The summed E-state index contributed by atoms with van der Waals surface area (Å²) in [6.07, 6.45) is 1.65. The molecule has 1 saturated heterocycles. The minimum atomic E-state index is -2.88. The fourth-order valence-electron chi connectivity index (χ4n) is 2.97. The van der Waals surface area contributed by atoms with Crippen LogP contribution in [-0.4, -0.2) is 17.6 Å². The lowest BCUT2D eigenvalue weighted by Gasteiger charge is -2.14. The zero-order chi connectivity index (χ0) is 19.7. The smallest absolute Gasteiger partial charge is 0.387 e. The van der Waals surface area contributed by atoms with Crippen LogP contribution >= 0.6 is 12.2 Å². The van der Waals surface area contributed by atoms with Gasteiger partial charge in [-0.25, -0.2) is 0 Å². The summed E-state index contributed by atoms with van der Waals surface area (Å²) in [5, 5.41) is 3.21. The Balaban J connectivity index is 1.91. The van der Waals surface area contributed by atoms with Gasteiger partial charge < -0.3 is 10.1 Å². The fourth-order valence-corrected chi connectivity index (χ4v) is 3.27. The summed E-state index contributed by atoms with van der Waals surface area (Å²) < 4.78 is 29.6. The molecule has 0 bridgehead atoms. The third kappa shape index (κ3) is 3.98. The second-order valence-electron chi connectivity index (χ2n) is 6.33. The number of aryl methyl sites for hydroxylation is 3. The summed E-state index contributed by atoms with van der Waals surface area (Å²) in [5.74, 6) is -0.123. The number of ether oxygens (including phenoxy) is 1. The maximum absolute atomic E-state index is 12.8. The Labute approximate surface area is 161 Å². The van der Waals surface area contributed by atoms with E-state index in [4.69, 9.17) is 12.2 Å². The van der Waals surface area contributed by atoms with Crippen LogP contribution in [0.15, 0.2) is 42.1 Å². The Morgan fingerprint density at radius 3 is 2.26 bits per heavy atom. The molecule has 1 fully saturated rings. The van der Waals surface area contributed by atoms with E-state index in [1.807, 2.05) is 31.2 Å². The number of alkyl halides is 2. The highest BCUT2D eigenvalue weighted by atomic mass is 32.1. The summed E-state index contributed by atoms with van der Waals surface area (Å²) in [4.78, 5) is 14.2. The molecule has 140 valence electrons. The van der Waals surface area contributed by atoms with Crippen molar-refractivity contribution in [2.24, 2.45) is 0 Å². The SMILES string of the molecule is Cc1ccc(N2C(=O)/C(=C\c3cc(C)c(OC(F)F)c(C)c3)NC2=S)cc1. The lowest BCUT2D eigenvalue weighted by atomic mass is 10.0. The van der Waals surface area contributed by atoms with Gasteiger partial charge in [-0.2, -0.15) is 8.78 Å². The second kappa shape index (κ2) is 7.44. The second-order valence-corrected chi connectivity index (χ2v) is 6.71. The molecule has 2 aromatic carbocycles. The highest BCUT2D eigenvalue weighted by Crippen LogP contribution is 2.28. The van der Waals surface area contributed by atoms with Crippen molar-refractivity contribution in [1.29, 1.82) is 0 Å². The number of nitrogens with one attached hydrogen (secondary N) is 1. The third-order valence-electron chi connectivity index (χ3n) is 4.17. The van der Waals surface area contributed by atoms with Crippen LogP contribution in [0.2, 0.25) is 0 Å². The molecule has 0 saturated carbocycles. The van der Waals surface area contributed by atoms with Crippen molar-refractivity contribution < 1.29 is 18.3 Å². The number of hydrogen-bond acceptors (Lipinski definition) is 3. The predicted molar refractivity (Wildman–Crippen MR) is 105 cm³/mol. The number of amides is 1. The van der Waals surface area contributed by atoms with E-state index in [1.165, 1.54) is 4.90 Å². The van der Waals surface area contributed by atoms with E-state index in [1.54, 1.807) is 32.1 Å². The van der Waals surface area contributed by atoms with E-state index < -0.39 is 6.61 Å². The number of carbonyl (C=O) groups excluding carboxylic acids is 1. The third-order valence-corrected chi connectivity index (χ3v) is 4.46. The molecule has 0 atom stereocenters. The van der Waals surface area contributed by atoms with Gasteiger partial charge in [0.1, 0.15) is 11.4 Å². The lowest BCUT2D eigenvalue weighted by Crippen LogP contribution is -2.30. The number of rotatable bonds is 4. The van der Waals surface area contributed by atoms with E-state index in [9.17, 15) is 13.6 Å². The summed E-state index contributed by atoms with van der Waals surface area (Å²) in [5.41, 5.74) is 3.89. The number of thiocarbonyl (C=S) groups is 1. The highest BCUT2D eigenvalue weighted by molar-refractivity contribution is 7.80. The summed E-state index contributed by atoms with van der Waals surface area (Å²) in [6, 6.07) is 10.8. The van der Waals surface area contributed by atoms with Crippen molar-refractivity contribution in [2.45, 2.75) is 27.4 Å². The Hall–Kier alpha value is -2.80. The zero-order valence-corrected chi connectivity index (χ0v) is 15.9. The quantitative estimate of drug-likeness (QED) is 0.620. The predicted octanol–water partition coefficient (Wildman–Crippen LogP) is 4.48. The van der Waals surface area contributed by atoms with Crippen LogP contribution in [0.4, 0.5) is 14.5 Å². The first kappa shape index (κ1) is 19.0. The zero-order valence-electron chi connectivity index (χ0n) is 15.0. The lowest BCUT2D eigenvalue weighted by molar-refractivity contribution is -0.113. The number of nitrogens with zero attached hydrogens (tertiary/aromatic N) is 1. The highest BCUT2D eigenvalue weighted by Gasteiger charge is 2.31. The van der Waals surface area contributed by atoms with Crippen LogP contribution in [-0.2, 0) is 4.79 Å². The Morgan fingerprint density at radius 2 is 1.70 bits per heavy atom. The molecule has 2 aromatic rings. The maximum atomic E-state index is 12.8. The summed E-state index contributed by atoms with van der Waals surface area (Å²) in [6.45, 7) is 2.44. The monoisotopic (exact) mass is 388 g/mol. The van der Waals surface area contributed by atoms with Gasteiger partial charge >= 0.3 is 6.61 Å². The van der Waals surface area contributed by atoms with Crippen LogP contribution in [0.25, 0.3) is 6.08 Å². The maximum Gasteiger partial charge on any atom is 0.387 e. The van der Waals surface area contributed by atoms with Crippen molar-refractivity contribution >= 4 is 35.0 Å². The van der Waals surface area contributed by atoms with E-state index in [0.29, 0.717) is 33.2 Å². The van der Waals surface area contributed by atoms with Gasteiger partial charge in [0.2, 0.25) is 0 Å². The van der Waals surface area contributed by atoms with Gasteiger partial charge in [-0.1, -0.05) is 17.7 Å². The molecule has 1 aliphatic rings. The van der Waals surface area contributed by atoms with Gasteiger partial charge in [0.15, 0.2) is 5.11 Å². The average molecular weight is 388 g/mol. The summed E-state index contributed by atoms with van der Waals surface area (Å²) in [7, 11) is 0. The standard InChI is InChI=1S/C20H18F2N2O2S/c1-11-4-6-15(7-5-11)24-18(25)16(23-20(24)27)10-14-8-12(2)17(13(3)9-14)26-19(21)22/h4-10,19H,1-3H3,(H,23,27)/b16-10+. The van der Waals surface area contributed by atoms with Crippen LogP contribution in [0.1, 0.15) is 22.3 Å². The molecular formula is C20H18F2N2O2S. The molecule has 0 unspecified atom stereocenters. The van der Waals surface area contributed by atoms with Crippen LogP contribution in [0.5, 0.6) is 5.75 Å². The first-order valence-electron chi connectivity index (χ1n) is 8.26. The molecule has 1 heterocycles. The minimum Gasteiger partial charge on any atom is -0.434 e. The van der Waals surface area contributed by atoms with Crippen LogP contribution in [0, 0.1) is 20.8 Å². The molecular weight excluding hydrogens is 370 g/mol. The molecule has 4 nitrogen and oxygen atoms in total. The fraction of sp³-hybridized carbons (Fsp3) is 0.200. The molecule has 3 rings (SSSR count). The molecule has 1 N–H and O–H groups in total. The first-order chi connectivity index (χ1) is 12.8. The van der Waals surface area contributed by atoms with Gasteiger partial charge in [0, 0.05) is 0 Å². The number of halogens is 2. The molecule has 7 heteroatoms. The van der Waals surface area contributed by atoms with Crippen molar-refractivity contribution in [1.82, 2.24) is 5.32 Å². The first-order valence-corrected chi connectivity index (χ1v) is 8.67. The van der Waals surface area contributed by atoms with Gasteiger partial charge in [-0.05, 0) is 80.0 Å². The number of benzene rings is 2. The molecule has 0 aliphatic carbocycles. The Kier molecular flexibility index (Phi) is 5.23. The van der Waals surface area contributed by atoms with Crippen molar-refractivity contribution in [3.8, 4) is 5.75 Å². The number of hydrogen-bond donors (Lipinski definition) is 1. The average Bonchev–Trinajstić information content (AvgIpc) is 2.86. The van der Waals surface area contributed by atoms with Gasteiger partial charge in [-0.15, -0.1) is 0 Å². The van der Waals surface area contributed by atoms with Gasteiger partial charge in [0.25, 0.3) is 5.91 Å². The number of carbonyl (C=O) groups is 1. The van der Waals surface area contributed by atoms with E-state index in [2.05, 4.69) is 10.1 Å². The molecule has 0 spiro atoms. The van der Waals surface area contributed by atoms with E-state index in [0.717, 1.165) is 5.56 Å². The van der Waals surface area contributed by atoms with E-state index >= 15 is 0 Å². The largest absolute Gasteiger partial charge is 0.434 e. The minimum absolute atomic E-state index is 0.148. The Bertz CT molecular complexity index is 916. The van der Waals surface area contributed by atoms with Gasteiger partial charge in [-0.3, -0.25) is 9.69 Å². The molecule has 1 aliphatic heterocycles. The molecule has 0 radical (unpaired) electrons. The van der Waals surface area contributed by atoms with Gasteiger partial charge in [0.05, 0.1) is 5.69 Å². The number of anilines is 1. The van der Waals surface area contributed by atoms with Crippen molar-refractivity contribution in [3.05, 3.63) is 64.3 Å². The van der Waals surface area contributed by atoms with Crippen molar-refractivity contribution in [2.75, 3.05) is 4.90 Å². The van der Waals surface area contributed by atoms with Crippen LogP contribution in [0.3, 0.4) is 0 Å². The molecule has 27 heavy (non-hydrogen) atoms. The molecule has 1 amide bonds. The Morgan fingerprint density at radius 1 is 1.11 bits per heavy atom.